The first-order valence-electron chi connectivity index (χ1n) is 5.08. The molecule has 0 aliphatic rings. The predicted octanol–water partition coefficient (Wildman–Crippen LogP) is 2.79. The molecule has 1 heterocycles. The van der Waals surface area contributed by atoms with Gasteiger partial charge in [0.25, 0.3) is 5.69 Å². The summed E-state index contributed by atoms with van der Waals surface area (Å²) < 4.78 is 18.6. The van der Waals surface area contributed by atoms with E-state index in [1.807, 2.05) is 0 Å². The molecule has 0 aliphatic carbocycles. The summed E-state index contributed by atoms with van der Waals surface area (Å²) in [5.41, 5.74) is -0.0193. The van der Waals surface area contributed by atoms with Crippen molar-refractivity contribution >= 4 is 5.69 Å². The van der Waals surface area contributed by atoms with Crippen LogP contribution in [0.15, 0.2) is 36.5 Å². The number of nitro groups is 1. The van der Waals surface area contributed by atoms with Crippen molar-refractivity contribution in [3.8, 4) is 17.7 Å². The lowest BCUT2D eigenvalue weighted by molar-refractivity contribution is -0.385. The molecular weight excluding hydrogens is 253 g/mol. The molecule has 0 saturated heterocycles. The van der Waals surface area contributed by atoms with Gasteiger partial charge in [0.15, 0.2) is 11.6 Å². The molecule has 0 aliphatic heterocycles. The van der Waals surface area contributed by atoms with Crippen LogP contribution in [0.4, 0.5) is 10.1 Å². The Bertz CT molecular complexity index is 665. The average Bonchev–Trinajstić information content (AvgIpc) is 2.41. The van der Waals surface area contributed by atoms with E-state index in [0.717, 1.165) is 12.3 Å². The summed E-state index contributed by atoms with van der Waals surface area (Å²) in [4.78, 5) is 13.5. The van der Waals surface area contributed by atoms with Crippen LogP contribution >= 0.6 is 0 Å². The van der Waals surface area contributed by atoms with Gasteiger partial charge in [-0.2, -0.15) is 5.26 Å². The quantitative estimate of drug-likeness (QED) is 0.624. The number of pyridine rings is 1. The van der Waals surface area contributed by atoms with E-state index in [2.05, 4.69) is 4.98 Å². The highest BCUT2D eigenvalue weighted by molar-refractivity contribution is 5.38. The molecule has 1 aromatic heterocycles. The van der Waals surface area contributed by atoms with Crippen molar-refractivity contribution in [2.24, 2.45) is 0 Å². The highest BCUT2D eigenvalue weighted by atomic mass is 19.1. The van der Waals surface area contributed by atoms with Crippen molar-refractivity contribution in [1.82, 2.24) is 4.98 Å². The van der Waals surface area contributed by atoms with Crippen molar-refractivity contribution < 1.29 is 14.1 Å². The second-order valence-electron chi connectivity index (χ2n) is 3.47. The first kappa shape index (κ1) is 12.4. The minimum absolute atomic E-state index is 0.0224. The third kappa shape index (κ3) is 2.81. The highest BCUT2D eigenvalue weighted by Gasteiger charge is 2.09. The molecule has 6 nitrogen and oxygen atoms in total. The van der Waals surface area contributed by atoms with E-state index >= 15 is 0 Å². The first-order chi connectivity index (χ1) is 9.10. The highest BCUT2D eigenvalue weighted by Crippen LogP contribution is 2.24. The topological polar surface area (TPSA) is 89.0 Å². The number of ether oxygens (including phenoxy) is 1. The fraction of sp³-hybridized carbons (Fsp3) is 0. The van der Waals surface area contributed by atoms with Crippen LogP contribution in [0.25, 0.3) is 0 Å². The lowest BCUT2D eigenvalue weighted by Crippen LogP contribution is -1.93. The molecule has 0 atom stereocenters. The molecular formula is C12H6FN3O3. The molecule has 94 valence electrons. The average molecular weight is 259 g/mol. The molecule has 2 aromatic rings. The number of benzene rings is 1. The van der Waals surface area contributed by atoms with Gasteiger partial charge in [0.1, 0.15) is 6.20 Å². The van der Waals surface area contributed by atoms with Gasteiger partial charge in [-0.25, -0.2) is 9.37 Å². The number of hydrogen-bond donors (Lipinski definition) is 0. The maximum atomic E-state index is 13.5. The van der Waals surface area contributed by atoms with Crippen molar-refractivity contribution in [3.05, 3.63) is 58.0 Å². The van der Waals surface area contributed by atoms with Crippen LogP contribution in [0.5, 0.6) is 11.6 Å². The smallest absolute Gasteiger partial charge is 0.287 e. The standard InChI is InChI=1S/C12H6FN3O3/c13-10-5-8(6-14)1-3-11(10)19-12-4-2-9(7-15-12)16(17)18/h1-5,7H. The Labute approximate surface area is 106 Å². The van der Waals surface area contributed by atoms with Crippen LogP contribution in [-0.4, -0.2) is 9.91 Å². The minimum atomic E-state index is -0.709. The zero-order chi connectivity index (χ0) is 13.8. The van der Waals surface area contributed by atoms with Crippen LogP contribution in [0.1, 0.15) is 5.56 Å². The van der Waals surface area contributed by atoms with E-state index in [-0.39, 0.29) is 22.9 Å². The van der Waals surface area contributed by atoms with Crippen LogP contribution < -0.4 is 4.74 Å². The summed E-state index contributed by atoms with van der Waals surface area (Å²) in [6.45, 7) is 0. The Morgan fingerprint density at radius 1 is 1.37 bits per heavy atom. The van der Waals surface area contributed by atoms with Crippen molar-refractivity contribution in [2.75, 3.05) is 0 Å². The molecule has 0 spiro atoms. The second-order valence-corrected chi connectivity index (χ2v) is 3.47. The normalized spacial score (nSPS) is 9.68. The number of rotatable bonds is 3. The molecule has 0 bridgehead atoms. The van der Waals surface area contributed by atoms with Gasteiger partial charge in [-0.05, 0) is 18.2 Å². The maximum absolute atomic E-state index is 13.5. The number of nitrogens with zero attached hydrogens (tertiary/aromatic N) is 3. The monoisotopic (exact) mass is 259 g/mol. The number of nitriles is 1. The summed E-state index contributed by atoms with van der Waals surface area (Å²) in [7, 11) is 0. The SMILES string of the molecule is N#Cc1ccc(Oc2ccc([N+](=O)[O-])cn2)c(F)c1. The lowest BCUT2D eigenvalue weighted by Gasteiger charge is -2.05. The zero-order valence-electron chi connectivity index (χ0n) is 9.41. The molecule has 0 radical (unpaired) electrons. The van der Waals surface area contributed by atoms with E-state index in [0.29, 0.717) is 0 Å². The van der Waals surface area contributed by atoms with Gasteiger partial charge < -0.3 is 4.74 Å². The Morgan fingerprint density at radius 2 is 2.16 bits per heavy atom. The van der Waals surface area contributed by atoms with Crippen LogP contribution in [0, 0.1) is 27.3 Å². The minimum Gasteiger partial charge on any atom is -0.436 e. The number of aromatic nitrogens is 1. The summed E-state index contributed by atoms with van der Waals surface area (Å²) in [5.74, 6) is -0.797. The largest absolute Gasteiger partial charge is 0.436 e. The Kier molecular flexibility index (Phi) is 3.34. The van der Waals surface area contributed by atoms with Gasteiger partial charge in [0.2, 0.25) is 5.88 Å². The number of halogens is 1. The third-order valence-corrected chi connectivity index (χ3v) is 2.21. The maximum Gasteiger partial charge on any atom is 0.287 e. The van der Waals surface area contributed by atoms with Gasteiger partial charge in [-0.3, -0.25) is 10.1 Å². The first-order valence-corrected chi connectivity index (χ1v) is 5.08. The molecule has 19 heavy (non-hydrogen) atoms. The fourth-order valence-electron chi connectivity index (χ4n) is 1.31. The molecule has 2 rings (SSSR count). The van der Waals surface area contributed by atoms with Gasteiger partial charge in [0, 0.05) is 12.1 Å². The molecule has 0 unspecified atom stereocenters. The van der Waals surface area contributed by atoms with E-state index in [1.165, 1.54) is 24.3 Å². The van der Waals surface area contributed by atoms with Crippen LogP contribution in [-0.2, 0) is 0 Å². The molecule has 0 amide bonds. The Morgan fingerprint density at radius 3 is 2.68 bits per heavy atom. The zero-order valence-corrected chi connectivity index (χ0v) is 9.41. The lowest BCUT2D eigenvalue weighted by atomic mass is 10.2. The van der Waals surface area contributed by atoms with Crippen LogP contribution in [0.2, 0.25) is 0 Å². The van der Waals surface area contributed by atoms with Gasteiger partial charge in [0.05, 0.1) is 16.6 Å². The summed E-state index contributed by atoms with van der Waals surface area (Å²) in [5, 5.41) is 19.0. The van der Waals surface area contributed by atoms with E-state index < -0.39 is 10.7 Å². The summed E-state index contributed by atoms with van der Waals surface area (Å²) in [6, 6.07) is 7.96. The van der Waals surface area contributed by atoms with E-state index in [4.69, 9.17) is 10.00 Å². The molecule has 7 heteroatoms. The molecule has 0 fully saturated rings. The van der Waals surface area contributed by atoms with Gasteiger partial charge in [-0.15, -0.1) is 0 Å². The second kappa shape index (κ2) is 5.10. The molecule has 0 saturated carbocycles. The number of hydrogen-bond acceptors (Lipinski definition) is 5. The van der Waals surface area contributed by atoms with Gasteiger partial charge >= 0.3 is 0 Å². The van der Waals surface area contributed by atoms with E-state index in [9.17, 15) is 14.5 Å². The molecule has 0 N–H and O–H groups in total. The Balaban J connectivity index is 2.22. The van der Waals surface area contributed by atoms with Crippen LogP contribution in [0.3, 0.4) is 0 Å². The van der Waals surface area contributed by atoms with Crippen molar-refractivity contribution in [2.45, 2.75) is 0 Å². The van der Waals surface area contributed by atoms with Gasteiger partial charge in [-0.1, -0.05) is 0 Å². The summed E-state index contributed by atoms with van der Waals surface area (Å²) in [6.07, 6.45) is 1.01. The van der Waals surface area contributed by atoms with Crippen molar-refractivity contribution in [1.29, 1.82) is 5.26 Å². The molecule has 1 aromatic carbocycles. The Hall–Kier alpha value is -3.01. The van der Waals surface area contributed by atoms with Crippen molar-refractivity contribution in [3.63, 3.8) is 0 Å². The fourth-order valence-corrected chi connectivity index (χ4v) is 1.31. The predicted molar refractivity (Wildman–Crippen MR) is 62.1 cm³/mol. The third-order valence-electron chi connectivity index (χ3n) is 2.21. The summed E-state index contributed by atoms with van der Waals surface area (Å²) >= 11 is 0. The van der Waals surface area contributed by atoms with E-state index in [1.54, 1.807) is 6.07 Å².